The standard InChI is InChI=1S/C14H8N2O/c17-14-9-4-1-2-7-12(9)16-8-15-11-6-3-5-10(14)13(11)16/h1-8H. The molecule has 0 fully saturated rings. The van der Waals surface area contributed by atoms with E-state index in [4.69, 9.17) is 0 Å². The largest absolute Gasteiger partial charge is 0.297 e. The Hall–Kier alpha value is -2.42. The lowest BCUT2D eigenvalue weighted by molar-refractivity contribution is 1.22. The molecule has 0 aliphatic carbocycles. The molecule has 0 aliphatic rings. The molecule has 2 aromatic heterocycles. The molecule has 17 heavy (non-hydrogen) atoms. The van der Waals surface area contributed by atoms with Crippen LogP contribution in [0.15, 0.2) is 53.6 Å². The molecule has 0 radical (unpaired) electrons. The molecule has 3 nitrogen and oxygen atoms in total. The number of nitrogens with zero attached hydrogens (tertiary/aromatic N) is 2. The van der Waals surface area contributed by atoms with Gasteiger partial charge in [0.1, 0.15) is 6.33 Å². The molecule has 0 bridgehead atoms. The lowest BCUT2D eigenvalue weighted by Crippen LogP contribution is -2.05. The second-order valence-electron chi connectivity index (χ2n) is 4.13. The fourth-order valence-corrected chi connectivity index (χ4v) is 2.45. The van der Waals surface area contributed by atoms with Crippen molar-refractivity contribution in [3.05, 3.63) is 59.0 Å². The Morgan fingerprint density at radius 1 is 0.941 bits per heavy atom. The summed E-state index contributed by atoms with van der Waals surface area (Å²) in [6, 6.07) is 13.3. The first-order chi connectivity index (χ1) is 8.36. The predicted molar refractivity (Wildman–Crippen MR) is 67.7 cm³/mol. The van der Waals surface area contributed by atoms with E-state index in [9.17, 15) is 4.79 Å². The summed E-state index contributed by atoms with van der Waals surface area (Å²) in [5.74, 6) is 0. The fraction of sp³-hybridized carbons (Fsp3) is 0. The molecular formula is C14H8N2O. The Morgan fingerprint density at radius 2 is 1.76 bits per heavy atom. The van der Waals surface area contributed by atoms with Crippen molar-refractivity contribution in [2.75, 3.05) is 0 Å². The minimum atomic E-state index is 0.0826. The molecule has 0 saturated carbocycles. The zero-order valence-electron chi connectivity index (χ0n) is 8.92. The number of hydrogen-bond donors (Lipinski definition) is 0. The summed E-state index contributed by atoms with van der Waals surface area (Å²) in [5.41, 5.74) is 2.78. The van der Waals surface area contributed by atoms with Crippen molar-refractivity contribution in [1.29, 1.82) is 0 Å². The molecular weight excluding hydrogens is 212 g/mol. The zero-order valence-corrected chi connectivity index (χ0v) is 8.92. The smallest absolute Gasteiger partial charge is 0.197 e. The van der Waals surface area contributed by atoms with Crippen LogP contribution in [0.2, 0.25) is 0 Å². The minimum absolute atomic E-state index is 0.0826. The maximum Gasteiger partial charge on any atom is 0.197 e. The summed E-state index contributed by atoms with van der Waals surface area (Å²) >= 11 is 0. The number of imidazole rings is 1. The Morgan fingerprint density at radius 3 is 2.71 bits per heavy atom. The molecule has 3 heteroatoms. The van der Waals surface area contributed by atoms with Crippen LogP contribution in [-0.2, 0) is 0 Å². The van der Waals surface area contributed by atoms with Crippen molar-refractivity contribution >= 4 is 27.3 Å². The molecule has 0 amide bonds. The van der Waals surface area contributed by atoms with Gasteiger partial charge in [0.2, 0.25) is 0 Å². The van der Waals surface area contributed by atoms with Gasteiger partial charge in [-0.3, -0.25) is 9.20 Å². The third-order valence-corrected chi connectivity index (χ3v) is 3.22. The van der Waals surface area contributed by atoms with Gasteiger partial charge in [-0.05, 0) is 24.3 Å². The second-order valence-corrected chi connectivity index (χ2v) is 4.13. The molecule has 2 heterocycles. The van der Waals surface area contributed by atoms with Crippen LogP contribution in [0.4, 0.5) is 0 Å². The Kier molecular flexibility index (Phi) is 1.45. The van der Waals surface area contributed by atoms with E-state index in [0.717, 1.165) is 27.3 Å². The van der Waals surface area contributed by atoms with E-state index < -0.39 is 0 Å². The van der Waals surface area contributed by atoms with Crippen LogP contribution in [0.5, 0.6) is 0 Å². The van der Waals surface area contributed by atoms with Crippen molar-refractivity contribution in [2.24, 2.45) is 0 Å². The highest BCUT2D eigenvalue weighted by Crippen LogP contribution is 2.22. The molecule has 0 unspecified atom stereocenters. The van der Waals surface area contributed by atoms with Crippen LogP contribution < -0.4 is 5.43 Å². The number of fused-ring (bicyclic) bond motifs is 2. The van der Waals surface area contributed by atoms with E-state index in [1.807, 2.05) is 46.9 Å². The number of para-hydroxylation sites is 2. The van der Waals surface area contributed by atoms with Gasteiger partial charge in [0, 0.05) is 10.8 Å². The summed E-state index contributed by atoms with van der Waals surface area (Å²) in [6.07, 6.45) is 1.78. The van der Waals surface area contributed by atoms with E-state index in [1.54, 1.807) is 6.33 Å². The van der Waals surface area contributed by atoms with Crippen molar-refractivity contribution in [3.8, 4) is 0 Å². The third kappa shape index (κ3) is 0.959. The van der Waals surface area contributed by atoms with E-state index in [-0.39, 0.29) is 5.43 Å². The Bertz CT molecular complexity index is 908. The number of benzene rings is 2. The van der Waals surface area contributed by atoms with Crippen molar-refractivity contribution in [2.45, 2.75) is 0 Å². The van der Waals surface area contributed by atoms with Gasteiger partial charge in [0.25, 0.3) is 0 Å². The number of pyridine rings is 1. The van der Waals surface area contributed by atoms with Gasteiger partial charge in [0.15, 0.2) is 5.43 Å². The highest BCUT2D eigenvalue weighted by Gasteiger charge is 2.11. The van der Waals surface area contributed by atoms with Crippen LogP contribution in [0, 0.1) is 0 Å². The summed E-state index contributed by atoms with van der Waals surface area (Å²) in [7, 11) is 0. The minimum Gasteiger partial charge on any atom is -0.297 e. The molecule has 0 saturated heterocycles. The first-order valence-corrected chi connectivity index (χ1v) is 5.46. The number of rotatable bonds is 0. The van der Waals surface area contributed by atoms with Crippen LogP contribution in [0.1, 0.15) is 0 Å². The Balaban J connectivity index is 2.53. The van der Waals surface area contributed by atoms with E-state index in [1.165, 1.54) is 0 Å². The van der Waals surface area contributed by atoms with Gasteiger partial charge in [0.05, 0.1) is 16.6 Å². The van der Waals surface area contributed by atoms with Crippen LogP contribution >= 0.6 is 0 Å². The molecule has 80 valence electrons. The number of hydrogen-bond acceptors (Lipinski definition) is 2. The lowest BCUT2D eigenvalue weighted by Gasteiger charge is -2.03. The maximum absolute atomic E-state index is 12.4. The first kappa shape index (κ1) is 8.70. The van der Waals surface area contributed by atoms with Gasteiger partial charge in [-0.1, -0.05) is 18.2 Å². The highest BCUT2D eigenvalue weighted by atomic mass is 16.1. The van der Waals surface area contributed by atoms with Gasteiger partial charge in [-0.2, -0.15) is 0 Å². The van der Waals surface area contributed by atoms with Crippen LogP contribution in [0.25, 0.3) is 27.3 Å². The van der Waals surface area contributed by atoms with Crippen molar-refractivity contribution in [3.63, 3.8) is 0 Å². The van der Waals surface area contributed by atoms with Gasteiger partial charge >= 0.3 is 0 Å². The quantitative estimate of drug-likeness (QED) is 0.426. The highest BCUT2D eigenvalue weighted by molar-refractivity contribution is 6.00. The van der Waals surface area contributed by atoms with Gasteiger partial charge < -0.3 is 0 Å². The van der Waals surface area contributed by atoms with Crippen molar-refractivity contribution in [1.82, 2.24) is 9.38 Å². The molecule has 0 spiro atoms. The molecule has 0 N–H and O–H groups in total. The third-order valence-electron chi connectivity index (χ3n) is 3.22. The molecule has 4 aromatic rings. The molecule has 2 aromatic carbocycles. The zero-order chi connectivity index (χ0) is 11.4. The normalized spacial score (nSPS) is 11.8. The first-order valence-electron chi connectivity index (χ1n) is 5.46. The van der Waals surface area contributed by atoms with Crippen LogP contribution in [0.3, 0.4) is 0 Å². The summed E-state index contributed by atoms with van der Waals surface area (Å²) < 4.78 is 1.99. The monoisotopic (exact) mass is 220 g/mol. The van der Waals surface area contributed by atoms with E-state index in [0.29, 0.717) is 0 Å². The second kappa shape index (κ2) is 2.83. The van der Waals surface area contributed by atoms with Gasteiger partial charge in [-0.25, -0.2) is 4.98 Å². The van der Waals surface area contributed by atoms with Crippen molar-refractivity contribution < 1.29 is 0 Å². The van der Waals surface area contributed by atoms with Gasteiger partial charge in [-0.15, -0.1) is 0 Å². The lowest BCUT2D eigenvalue weighted by atomic mass is 10.1. The average Bonchev–Trinajstić information content (AvgIpc) is 2.81. The molecule has 0 aliphatic heterocycles. The maximum atomic E-state index is 12.4. The fourth-order valence-electron chi connectivity index (χ4n) is 2.45. The van der Waals surface area contributed by atoms with Crippen LogP contribution in [-0.4, -0.2) is 9.38 Å². The van der Waals surface area contributed by atoms with E-state index >= 15 is 0 Å². The predicted octanol–water partition coefficient (Wildman–Crippen LogP) is 2.44. The summed E-state index contributed by atoms with van der Waals surface area (Å²) in [4.78, 5) is 16.7. The van der Waals surface area contributed by atoms with E-state index in [2.05, 4.69) is 4.98 Å². The summed E-state index contributed by atoms with van der Waals surface area (Å²) in [6.45, 7) is 0. The average molecular weight is 220 g/mol. The molecule has 0 atom stereocenters. The Labute approximate surface area is 96.3 Å². The SMILES string of the molecule is O=c1c2ccccc2n2cnc3cccc1c32. The summed E-state index contributed by atoms with van der Waals surface area (Å²) in [5, 5.41) is 1.48. The topological polar surface area (TPSA) is 34.4 Å². The number of aromatic nitrogens is 2. The molecule has 4 rings (SSSR count).